The maximum atomic E-state index is 9.68. The quantitative estimate of drug-likeness (QED) is 0.796. The Hall–Kier alpha value is -1.57. The smallest absolute Gasteiger partial charge is 0.136 e. The molecule has 0 aliphatic carbocycles. The highest BCUT2D eigenvalue weighted by molar-refractivity contribution is 5.49. The fraction of sp³-hybridized carbons (Fsp3) is 0.462. The summed E-state index contributed by atoms with van der Waals surface area (Å²) >= 11 is 0. The van der Waals surface area contributed by atoms with E-state index >= 15 is 0 Å². The second kappa shape index (κ2) is 5.17. The summed E-state index contributed by atoms with van der Waals surface area (Å²) in [6, 6.07) is 5.77. The third-order valence-electron chi connectivity index (χ3n) is 3.10. The Kier molecular flexibility index (Phi) is 3.62. The lowest BCUT2D eigenvalue weighted by Gasteiger charge is -2.27. The van der Waals surface area contributed by atoms with E-state index in [9.17, 15) is 5.11 Å². The van der Waals surface area contributed by atoms with Crippen molar-refractivity contribution >= 4 is 0 Å². The minimum Gasteiger partial charge on any atom is -0.506 e. The molecule has 1 aliphatic heterocycles. The third kappa shape index (κ3) is 2.76. The van der Waals surface area contributed by atoms with E-state index in [4.69, 9.17) is 5.26 Å². The zero-order valence-corrected chi connectivity index (χ0v) is 10.0. The number of aromatic hydroxyl groups is 1. The Morgan fingerprint density at radius 1 is 1.41 bits per heavy atom. The first kappa shape index (κ1) is 11.9. The van der Waals surface area contributed by atoms with Crippen LogP contribution >= 0.6 is 0 Å². The maximum absolute atomic E-state index is 9.68. The van der Waals surface area contributed by atoms with Crippen LogP contribution in [0.2, 0.25) is 0 Å². The van der Waals surface area contributed by atoms with Crippen molar-refractivity contribution in [1.82, 2.24) is 10.2 Å². The molecule has 1 aromatic rings. The lowest BCUT2D eigenvalue weighted by Crippen LogP contribution is -2.42. The van der Waals surface area contributed by atoms with Gasteiger partial charge in [0.25, 0.3) is 0 Å². The minimum atomic E-state index is 0.108. The summed E-state index contributed by atoms with van der Waals surface area (Å²) in [5, 5.41) is 21.9. The standard InChI is InChI=1S/C13H17N3O/c1-10-6-11(7-12(8-14)13(10)17)9-16-4-2-15-3-5-16/h6-7,15,17H,2-5,9H2,1H3. The van der Waals surface area contributed by atoms with Crippen molar-refractivity contribution in [1.29, 1.82) is 5.26 Å². The lowest BCUT2D eigenvalue weighted by atomic mass is 10.0. The number of phenols is 1. The Morgan fingerprint density at radius 2 is 2.12 bits per heavy atom. The highest BCUT2D eigenvalue weighted by Gasteiger charge is 2.12. The zero-order chi connectivity index (χ0) is 12.3. The fourth-order valence-electron chi connectivity index (χ4n) is 2.16. The molecule has 2 N–H and O–H groups in total. The van der Waals surface area contributed by atoms with Crippen molar-refractivity contribution < 1.29 is 5.11 Å². The number of hydrogen-bond donors (Lipinski definition) is 2. The molecule has 1 aliphatic rings. The van der Waals surface area contributed by atoms with Crippen LogP contribution in [-0.4, -0.2) is 36.2 Å². The molecule has 1 heterocycles. The van der Waals surface area contributed by atoms with Gasteiger partial charge in [-0.2, -0.15) is 5.26 Å². The summed E-state index contributed by atoms with van der Waals surface area (Å²) in [5.41, 5.74) is 2.24. The van der Waals surface area contributed by atoms with E-state index in [2.05, 4.69) is 10.2 Å². The number of piperazine rings is 1. The second-order valence-electron chi connectivity index (χ2n) is 4.45. The van der Waals surface area contributed by atoms with Crippen LogP contribution in [0.25, 0.3) is 0 Å². The van der Waals surface area contributed by atoms with E-state index in [1.807, 2.05) is 19.1 Å². The first-order chi connectivity index (χ1) is 8.20. The second-order valence-corrected chi connectivity index (χ2v) is 4.45. The van der Waals surface area contributed by atoms with Crippen LogP contribution in [0.1, 0.15) is 16.7 Å². The minimum absolute atomic E-state index is 0.108. The van der Waals surface area contributed by atoms with Crippen LogP contribution in [0.15, 0.2) is 12.1 Å². The molecule has 17 heavy (non-hydrogen) atoms. The topological polar surface area (TPSA) is 59.3 Å². The van der Waals surface area contributed by atoms with E-state index in [1.54, 1.807) is 6.07 Å². The monoisotopic (exact) mass is 231 g/mol. The van der Waals surface area contributed by atoms with Gasteiger partial charge in [-0.1, -0.05) is 6.07 Å². The first-order valence-corrected chi connectivity index (χ1v) is 5.86. The molecule has 1 saturated heterocycles. The van der Waals surface area contributed by atoms with Gasteiger partial charge in [-0.05, 0) is 24.1 Å². The van der Waals surface area contributed by atoms with Crippen molar-refractivity contribution in [2.75, 3.05) is 26.2 Å². The van der Waals surface area contributed by atoms with Gasteiger partial charge in [0, 0.05) is 32.7 Å². The predicted octanol–water partition coefficient (Wildman–Crippen LogP) is 0.977. The number of nitrogens with zero attached hydrogens (tertiary/aromatic N) is 2. The maximum Gasteiger partial charge on any atom is 0.136 e. The molecule has 0 bridgehead atoms. The number of phenolic OH excluding ortho intramolecular Hbond substituents is 1. The molecular weight excluding hydrogens is 214 g/mol. The van der Waals surface area contributed by atoms with Gasteiger partial charge in [-0.3, -0.25) is 4.90 Å². The SMILES string of the molecule is Cc1cc(CN2CCNCC2)cc(C#N)c1O. The molecular formula is C13H17N3O. The Morgan fingerprint density at radius 3 is 2.76 bits per heavy atom. The summed E-state index contributed by atoms with van der Waals surface area (Å²) < 4.78 is 0. The van der Waals surface area contributed by atoms with Crippen molar-refractivity contribution in [2.45, 2.75) is 13.5 Å². The Labute approximate surface area is 101 Å². The molecule has 1 fully saturated rings. The molecule has 2 rings (SSSR count). The molecule has 0 unspecified atom stereocenters. The molecule has 0 spiro atoms. The van der Waals surface area contributed by atoms with Crippen molar-refractivity contribution in [3.63, 3.8) is 0 Å². The van der Waals surface area contributed by atoms with Gasteiger partial charge in [-0.25, -0.2) is 0 Å². The zero-order valence-electron chi connectivity index (χ0n) is 10.0. The van der Waals surface area contributed by atoms with E-state index < -0.39 is 0 Å². The summed E-state index contributed by atoms with van der Waals surface area (Å²) in [7, 11) is 0. The third-order valence-corrected chi connectivity index (χ3v) is 3.10. The van der Waals surface area contributed by atoms with Crippen LogP contribution in [0, 0.1) is 18.3 Å². The van der Waals surface area contributed by atoms with Crippen molar-refractivity contribution in [3.05, 3.63) is 28.8 Å². The predicted molar refractivity (Wildman–Crippen MR) is 65.7 cm³/mol. The highest BCUT2D eigenvalue weighted by atomic mass is 16.3. The van der Waals surface area contributed by atoms with E-state index in [1.165, 1.54) is 0 Å². The number of hydrogen-bond acceptors (Lipinski definition) is 4. The molecule has 0 atom stereocenters. The molecule has 0 aromatic heterocycles. The molecule has 1 aromatic carbocycles. The van der Waals surface area contributed by atoms with E-state index in [0.29, 0.717) is 5.56 Å². The number of aryl methyl sites for hydroxylation is 1. The molecule has 0 amide bonds. The number of nitrogens with one attached hydrogen (secondary N) is 1. The Balaban J connectivity index is 2.16. The van der Waals surface area contributed by atoms with Crippen molar-refractivity contribution in [2.24, 2.45) is 0 Å². The summed E-state index contributed by atoms with van der Waals surface area (Å²) in [6.45, 7) is 6.77. The van der Waals surface area contributed by atoms with Gasteiger partial charge in [-0.15, -0.1) is 0 Å². The fourth-order valence-corrected chi connectivity index (χ4v) is 2.16. The van der Waals surface area contributed by atoms with Crippen LogP contribution < -0.4 is 5.32 Å². The number of rotatable bonds is 2. The van der Waals surface area contributed by atoms with Gasteiger partial charge in [0.1, 0.15) is 11.8 Å². The first-order valence-electron chi connectivity index (χ1n) is 5.86. The molecule has 0 radical (unpaired) electrons. The van der Waals surface area contributed by atoms with Gasteiger partial charge >= 0.3 is 0 Å². The van der Waals surface area contributed by atoms with Crippen molar-refractivity contribution in [3.8, 4) is 11.8 Å². The average Bonchev–Trinajstić information content (AvgIpc) is 2.35. The summed E-state index contributed by atoms with van der Waals surface area (Å²) in [5.74, 6) is 0.108. The van der Waals surface area contributed by atoms with Crippen LogP contribution in [0.4, 0.5) is 0 Å². The molecule has 4 heteroatoms. The molecule has 0 saturated carbocycles. The van der Waals surface area contributed by atoms with Gasteiger partial charge in [0.2, 0.25) is 0 Å². The largest absolute Gasteiger partial charge is 0.506 e. The van der Waals surface area contributed by atoms with Crippen LogP contribution in [0.5, 0.6) is 5.75 Å². The molecule has 90 valence electrons. The lowest BCUT2D eigenvalue weighted by molar-refractivity contribution is 0.233. The summed E-state index contributed by atoms with van der Waals surface area (Å²) in [4.78, 5) is 2.35. The van der Waals surface area contributed by atoms with Gasteiger partial charge < -0.3 is 10.4 Å². The number of nitriles is 1. The van der Waals surface area contributed by atoms with E-state index in [0.717, 1.165) is 43.9 Å². The van der Waals surface area contributed by atoms with Gasteiger partial charge in [0.05, 0.1) is 5.56 Å². The van der Waals surface area contributed by atoms with E-state index in [-0.39, 0.29) is 5.75 Å². The van der Waals surface area contributed by atoms with Crippen LogP contribution in [0.3, 0.4) is 0 Å². The average molecular weight is 231 g/mol. The Bertz CT molecular complexity index is 445. The molecule has 4 nitrogen and oxygen atoms in total. The van der Waals surface area contributed by atoms with Gasteiger partial charge in [0.15, 0.2) is 0 Å². The normalized spacial score (nSPS) is 16.7. The number of benzene rings is 1. The summed E-state index contributed by atoms with van der Waals surface area (Å²) in [6.07, 6.45) is 0. The highest BCUT2D eigenvalue weighted by Crippen LogP contribution is 2.23. The van der Waals surface area contributed by atoms with Crippen LogP contribution in [-0.2, 0) is 6.54 Å².